The van der Waals surface area contributed by atoms with Gasteiger partial charge in [0.25, 0.3) is 11.5 Å². The highest BCUT2D eigenvalue weighted by Crippen LogP contribution is 2.17. The Labute approximate surface area is 172 Å². The summed E-state index contributed by atoms with van der Waals surface area (Å²) in [5, 5.41) is 0. The summed E-state index contributed by atoms with van der Waals surface area (Å²) in [5.41, 5.74) is 0.286. The normalized spacial score (nSPS) is 16.5. The van der Waals surface area contributed by atoms with Gasteiger partial charge in [0.2, 0.25) is 5.91 Å². The van der Waals surface area contributed by atoms with Crippen LogP contribution < -0.4 is 5.56 Å². The van der Waals surface area contributed by atoms with Gasteiger partial charge in [-0.3, -0.25) is 23.7 Å². The number of piperazine rings is 1. The highest BCUT2D eigenvalue weighted by atomic mass is 19.1. The molecule has 1 aliphatic heterocycles. The Hall–Kier alpha value is -3.49. The van der Waals surface area contributed by atoms with Crippen LogP contribution in [0, 0.1) is 12.7 Å². The molecule has 0 radical (unpaired) electrons. The van der Waals surface area contributed by atoms with E-state index >= 15 is 0 Å². The molecular weight excluding hydrogens is 393 g/mol. The van der Waals surface area contributed by atoms with Crippen molar-refractivity contribution in [3.05, 3.63) is 63.8 Å². The van der Waals surface area contributed by atoms with E-state index in [0.29, 0.717) is 11.3 Å². The molecule has 3 rings (SSSR count). The van der Waals surface area contributed by atoms with Gasteiger partial charge in [0.05, 0.1) is 7.11 Å². The van der Waals surface area contributed by atoms with Gasteiger partial charge in [-0.2, -0.15) is 0 Å². The number of rotatable bonds is 4. The number of amides is 2. The SMILES string of the molecule is COC(=O)CN1CCN(C(=O)c2c(C)ccn(-c3ccc(F)cc3)c2=O)C(C)C1=O. The molecule has 1 aromatic carbocycles. The van der Waals surface area contributed by atoms with Crippen molar-refractivity contribution < 1.29 is 23.5 Å². The molecule has 0 N–H and O–H groups in total. The molecule has 9 heteroatoms. The molecule has 30 heavy (non-hydrogen) atoms. The molecule has 0 spiro atoms. The standard InChI is InChI=1S/C21H22FN3O5/c1-13-8-9-25(16-6-4-15(22)5-7-16)21(29)18(13)20(28)24-11-10-23(12-17(26)30-3)19(27)14(24)2/h4-9,14H,10-12H2,1-3H3. The number of esters is 1. The molecule has 2 amide bonds. The summed E-state index contributed by atoms with van der Waals surface area (Å²) in [5.74, 6) is -1.94. The smallest absolute Gasteiger partial charge is 0.325 e. The summed E-state index contributed by atoms with van der Waals surface area (Å²) in [6.45, 7) is 3.34. The zero-order valence-corrected chi connectivity index (χ0v) is 16.9. The van der Waals surface area contributed by atoms with Gasteiger partial charge in [-0.25, -0.2) is 4.39 Å². The molecule has 1 aliphatic rings. The Morgan fingerprint density at radius 2 is 1.80 bits per heavy atom. The quantitative estimate of drug-likeness (QED) is 0.699. The number of benzene rings is 1. The summed E-state index contributed by atoms with van der Waals surface area (Å²) >= 11 is 0. The third-order valence-electron chi connectivity index (χ3n) is 5.18. The van der Waals surface area contributed by atoms with Crippen LogP contribution in [-0.2, 0) is 14.3 Å². The second kappa shape index (κ2) is 8.48. The molecule has 158 valence electrons. The van der Waals surface area contributed by atoms with E-state index < -0.39 is 35.2 Å². The second-order valence-electron chi connectivity index (χ2n) is 7.04. The lowest BCUT2D eigenvalue weighted by Crippen LogP contribution is -2.59. The molecule has 1 aromatic heterocycles. The Morgan fingerprint density at radius 1 is 1.13 bits per heavy atom. The lowest BCUT2D eigenvalue weighted by molar-refractivity contribution is -0.150. The first kappa shape index (κ1) is 21.2. The van der Waals surface area contributed by atoms with Crippen LogP contribution in [0.5, 0.6) is 0 Å². The Kier molecular flexibility index (Phi) is 6.00. The third-order valence-corrected chi connectivity index (χ3v) is 5.18. The first-order valence-electron chi connectivity index (χ1n) is 9.39. The van der Waals surface area contributed by atoms with E-state index in [4.69, 9.17) is 0 Å². The maximum atomic E-state index is 13.2. The Bertz CT molecular complexity index is 1050. The number of carbonyl (C=O) groups is 3. The van der Waals surface area contributed by atoms with Gasteiger partial charge in [0.1, 0.15) is 24.0 Å². The molecule has 2 heterocycles. The van der Waals surface area contributed by atoms with E-state index in [0.717, 1.165) is 0 Å². The number of nitrogens with zero attached hydrogens (tertiary/aromatic N) is 3. The number of hydrogen-bond donors (Lipinski definition) is 0. The van der Waals surface area contributed by atoms with Gasteiger partial charge < -0.3 is 14.5 Å². The molecule has 0 aliphatic carbocycles. The Morgan fingerprint density at radius 3 is 2.43 bits per heavy atom. The second-order valence-corrected chi connectivity index (χ2v) is 7.04. The lowest BCUT2D eigenvalue weighted by atomic mass is 10.1. The molecule has 1 atom stereocenters. The highest BCUT2D eigenvalue weighted by molar-refractivity contribution is 5.99. The molecule has 1 unspecified atom stereocenters. The van der Waals surface area contributed by atoms with Crippen molar-refractivity contribution in [1.82, 2.24) is 14.4 Å². The van der Waals surface area contributed by atoms with E-state index in [1.54, 1.807) is 19.9 Å². The Balaban J connectivity index is 1.91. The number of aromatic nitrogens is 1. The van der Waals surface area contributed by atoms with Crippen molar-refractivity contribution >= 4 is 17.8 Å². The van der Waals surface area contributed by atoms with Crippen molar-refractivity contribution in [2.45, 2.75) is 19.9 Å². The zero-order chi connectivity index (χ0) is 22.0. The van der Waals surface area contributed by atoms with Crippen LogP contribution in [0.3, 0.4) is 0 Å². The van der Waals surface area contributed by atoms with Crippen LogP contribution in [0.2, 0.25) is 0 Å². The first-order valence-corrected chi connectivity index (χ1v) is 9.39. The third kappa shape index (κ3) is 3.96. The summed E-state index contributed by atoms with van der Waals surface area (Å²) in [6, 6.07) is 6.12. The first-order chi connectivity index (χ1) is 14.2. The van der Waals surface area contributed by atoms with Crippen molar-refractivity contribution in [3.8, 4) is 5.69 Å². The molecule has 2 aromatic rings. The van der Waals surface area contributed by atoms with E-state index in [1.807, 2.05) is 0 Å². The fourth-order valence-corrected chi connectivity index (χ4v) is 3.42. The summed E-state index contributed by atoms with van der Waals surface area (Å²) in [7, 11) is 1.24. The summed E-state index contributed by atoms with van der Waals surface area (Å²) in [6.07, 6.45) is 1.52. The van der Waals surface area contributed by atoms with Crippen LogP contribution in [0.25, 0.3) is 5.69 Å². The molecule has 1 saturated heterocycles. The minimum Gasteiger partial charge on any atom is -0.468 e. The molecule has 0 bridgehead atoms. The number of carbonyl (C=O) groups excluding carboxylic acids is 3. The lowest BCUT2D eigenvalue weighted by Gasteiger charge is -2.38. The minimum atomic E-state index is -0.839. The van der Waals surface area contributed by atoms with Gasteiger partial charge in [0, 0.05) is 25.0 Å². The number of ether oxygens (including phenoxy) is 1. The van der Waals surface area contributed by atoms with E-state index in [9.17, 15) is 23.6 Å². The highest BCUT2D eigenvalue weighted by Gasteiger charge is 2.36. The fraction of sp³-hybridized carbons (Fsp3) is 0.333. The van der Waals surface area contributed by atoms with Gasteiger partial charge in [-0.05, 0) is 49.7 Å². The predicted molar refractivity (Wildman–Crippen MR) is 106 cm³/mol. The van der Waals surface area contributed by atoms with Crippen molar-refractivity contribution in [2.75, 3.05) is 26.7 Å². The minimum absolute atomic E-state index is 0.0529. The van der Waals surface area contributed by atoms with Gasteiger partial charge in [-0.1, -0.05) is 0 Å². The number of aryl methyl sites for hydroxylation is 1. The van der Waals surface area contributed by atoms with Crippen LogP contribution in [-0.4, -0.2) is 64.9 Å². The van der Waals surface area contributed by atoms with Crippen molar-refractivity contribution in [1.29, 1.82) is 0 Å². The largest absolute Gasteiger partial charge is 0.468 e. The molecule has 0 saturated carbocycles. The van der Waals surface area contributed by atoms with E-state index in [1.165, 1.54) is 51.9 Å². The van der Waals surface area contributed by atoms with Crippen molar-refractivity contribution in [2.24, 2.45) is 0 Å². The monoisotopic (exact) mass is 415 g/mol. The van der Waals surface area contributed by atoms with Crippen molar-refractivity contribution in [3.63, 3.8) is 0 Å². The summed E-state index contributed by atoms with van der Waals surface area (Å²) < 4.78 is 19.1. The fourth-order valence-electron chi connectivity index (χ4n) is 3.42. The maximum Gasteiger partial charge on any atom is 0.325 e. The molecule has 1 fully saturated rings. The van der Waals surface area contributed by atoms with Crippen LogP contribution >= 0.6 is 0 Å². The summed E-state index contributed by atoms with van der Waals surface area (Å²) in [4.78, 5) is 53.0. The topological polar surface area (TPSA) is 88.9 Å². The van der Waals surface area contributed by atoms with Crippen LogP contribution in [0.1, 0.15) is 22.8 Å². The average Bonchev–Trinajstić information content (AvgIpc) is 2.72. The van der Waals surface area contributed by atoms with E-state index in [2.05, 4.69) is 4.74 Å². The molecule has 8 nitrogen and oxygen atoms in total. The van der Waals surface area contributed by atoms with Crippen LogP contribution in [0.15, 0.2) is 41.3 Å². The van der Waals surface area contributed by atoms with Gasteiger partial charge in [-0.15, -0.1) is 0 Å². The predicted octanol–water partition coefficient (Wildman–Crippen LogP) is 1.13. The number of pyridine rings is 1. The number of halogens is 1. The number of methoxy groups -OCH3 is 1. The van der Waals surface area contributed by atoms with Gasteiger partial charge >= 0.3 is 5.97 Å². The maximum absolute atomic E-state index is 13.2. The van der Waals surface area contributed by atoms with Crippen LogP contribution in [0.4, 0.5) is 4.39 Å². The molecular formula is C21H22FN3O5. The van der Waals surface area contributed by atoms with E-state index in [-0.39, 0.29) is 25.2 Å². The number of hydrogen-bond acceptors (Lipinski definition) is 5. The average molecular weight is 415 g/mol. The zero-order valence-electron chi connectivity index (χ0n) is 16.9. The van der Waals surface area contributed by atoms with Gasteiger partial charge in [0.15, 0.2) is 0 Å².